The van der Waals surface area contributed by atoms with Gasteiger partial charge in [-0.2, -0.15) is 10.2 Å². The van der Waals surface area contributed by atoms with Gasteiger partial charge in [-0.15, -0.1) is 0 Å². The second-order valence-electron chi connectivity index (χ2n) is 3.95. The Balaban J connectivity index is 2.18. The van der Waals surface area contributed by atoms with Crippen LogP contribution in [0.2, 0.25) is 5.02 Å². The number of hydrogen-bond donors (Lipinski definition) is 0. The molecule has 0 aromatic carbocycles. The molecule has 19 heavy (non-hydrogen) atoms. The number of aryl methyl sites for hydroxylation is 2. The van der Waals surface area contributed by atoms with Crippen LogP contribution >= 0.6 is 11.6 Å². The Bertz CT molecular complexity index is 612. The molecule has 0 radical (unpaired) electrons. The van der Waals surface area contributed by atoms with Crippen molar-refractivity contribution in [3.63, 3.8) is 0 Å². The summed E-state index contributed by atoms with van der Waals surface area (Å²) in [7, 11) is 0. The molecule has 0 fully saturated rings. The maximum absolute atomic E-state index is 12.0. The van der Waals surface area contributed by atoms with Crippen LogP contribution < -0.4 is 0 Å². The lowest BCUT2D eigenvalue weighted by Crippen LogP contribution is -2.07. The largest absolute Gasteiger partial charge is 0.288 e. The van der Waals surface area contributed by atoms with Gasteiger partial charge in [0, 0.05) is 25.5 Å². The third kappa shape index (κ3) is 2.93. The highest BCUT2D eigenvalue weighted by atomic mass is 35.5. The highest BCUT2D eigenvalue weighted by Crippen LogP contribution is 2.15. The van der Waals surface area contributed by atoms with Gasteiger partial charge in [0.15, 0.2) is 0 Å². The Morgan fingerprint density at radius 3 is 2.84 bits per heavy atom. The van der Waals surface area contributed by atoms with Crippen LogP contribution in [0.25, 0.3) is 6.08 Å². The molecular formula is C13H15ClN4O. The summed E-state index contributed by atoms with van der Waals surface area (Å²) in [5.41, 5.74) is 1.16. The molecule has 0 unspecified atom stereocenters. The van der Waals surface area contributed by atoms with Gasteiger partial charge in [0.1, 0.15) is 11.4 Å². The van der Waals surface area contributed by atoms with Crippen LogP contribution in [-0.4, -0.2) is 25.3 Å². The summed E-state index contributed by atoms with van der Waals surface area (Å²) in [6, 6.07) is 1.70. The first-order valence-electron chi connectivity index (χ1n) is 6.12. The molecule has 0 aliphatic rings. The lowest BCUT2D eigenvalue weighted by Gasteiger charge is -1.99. The van der Waals surface area contributed by atoms with Crippen LogP contribution in [0.4, 0.5) is 0 Å². The lowest BCUT2D eigenvalue weighted by atomic mass is 10.2. The molecule has 0 N–H and O–H groups in total. The van der Waals surface area contributed by atoms with Gasteiger partial charge in [0.05, 0.1) is 5.02 Å². The van der Waals surface area contributed by atoms with E-state index in [4.69, 9.17) is 11.6 Å². The zero-order valence-electron chi connectivity index (χ0n) is 10.9. The first-order chi connectivity index (χ1) is 9.15. The highest BCUT2D eigenvalue weighted by Gasteiger charge is 2.09. The minimum atomic E-state index is -0.110. The number of hydrogen-bond acceptors (Lipinski definition) is 3. The first kappa shape index (κ1) is 13.5. The number of rotatable bonds is 5. The van der Waals surface area contributed by atoms with Gasteiger partial charge in [-0.3, -0.25) is 14.2 Å². The first-order valence-corrected chi connectivity index (χ1v) is 6.50. The number of carbonyl (C=O) groups excluding carboxylic acids is 1. The van der Waals surface area contributed by atoms with E-state index in [1.807, 2.05) is 13.8 Å². The summed E-state index contributed by atoms with van der Waals surface area (Å²) in [6.07, 6.45) is 6.45. The van der Waals surface area contributed by atoms with E-state index >= 15 is 0 Å². The molecule has 2 aromatic rings. The van der Waals surface area contributed by atoms with Gasteiger partial charge in [0.25, 0.3) is 0 Å². The monoisotopic (exact) mass is 278 g/mol. The number of halogens is 1. The van der Waals surface area contributed by atoms with Crippen LogP contribution in [0, 0.1) is 0 Å². The van der Waals surface area contributed by atoms with Gasteiger partial charge in [0.2, 0.25) is 5.78 Å². The maximum atomic E-state index is 12.0. The van der Waals surface area contributed by atoms with E-state index in [9.17, 15) is 4.79 Å². The second kappa shape index (κ2) is 5.84. The summed E-state index contributed by atoms with van der Waals surface area (Å²) in [5.74, 6) is -0.110. The molecular weight excluding hydrogens is 264 g/mol. The number of aromatic nitrogens is 4. The Kier molecular flexibility index (Phi) is 4.16. The van der Waals surface area contributed by atoms with E-state index in [2.05, 4.69) is 10.2 Å². The topological polar surface area (TPSA) is 52.7 Å². The van der Waals surface area contributed by atoms with Gasteiger partial charge < -0.3 is 0 Å². The van der Waals surface area contributed by atoms with Crippen molar-refractivity contribution in [2.75, 3.05) is 0 Å². The Morgan fingerprint density at radius 1 is 1.42 bits per heavy atom. The van der Waals surface area contributed by atoms with Crippen molar-refractivity contribution in [1.82, 2.24) is 19.6 Å². The van der Waals surface area contributed by atoms with Crippen LogP contribution in [-0.2, 0) is 13.1 Å². The van der Waals surface area contributed by atoms with Crippen LogP contribution in [0.1, 0.15) is 30.0 Å². The summed E-state index contributed by atoms with van der Waals surface area (Å²) < 4.78 is 3.38. The lowest BCUT2D eigenvalue weighted by molar-refractivity contribution is 0.103. The normalized spacial score (nSPS) is 11.3. The fourth-order valence-corrected chi connectivity index (χ4v) is 1.93. The standard InChI is InChI=1S/C13H15ClN4O/c1-3-17-9-10(14)11(16-17)5-6-13(19)12-7-8-15-18(12)4-2/h5-9H,3-4H2,1-2H3/b6-5+. The molecule has 0 amide bonds. The zero-order valence-corrected chi connectivity index (χ0v) is 11.6. The molecule has 0 aliphatic heterocycles. The van der Waals surface area contributed by atoms with E-state index < -0.39 is 0 Å². The zero-order chi connectivity index (χ0) is 13.8. The molecule has 0 bridgehead atoms. The molecule has 6 heteroatoms. The van der Waals surface area contributed by atoms with Crippen molar-refractivity contribution < 1.29 is 4.79 Å². The van der Waals surface area contributed by atoms with Crippen molar-refractivity contribution >= 4 is 23.5 Å². The fourth-order valence-electron chi connectivity index (χ4n) is 1.72. The third-order valence-corrected chi connectivity index (χ3v) is 3.02. The fraction of sp³-hybridized carbons (Fsp3) is 0.308. The molecule has 2 aromatic heterocycles. The molecule has 0 spiro atoms. The van der Waals surface area contributed by atoms with Crippen molar-refractivity contribution in [2.24, 2.45) is 0 Å². The molecule has 5 nitrogen and oxygen atoms in total. The maximum Gasteiger partial charge on any atom is 0.203 e. The minimum Gasteiger partial charge on any atom is -0.288 e. The predicted octanol–water partition coefficient (Wildman–Crippen LogP) is 2.67. The van der Waals surface area contributed by atoms with E-state index in [0.717, 1.165) is 6.54 Å². The number of nitrogens with zero attached hydrogens (tertiary/aromatic N) is 4. The molecule has 0 saturated carbocycles. The molecule has 2 rings (SSSR count). The van der Waals surface area contributed by atoms with Crippen molar-refractivity contribution in [3.8, 4) is 0 Å². The molecule has 2 heterocycles. The van der Waals surface area contributed by atoms with E-state index in [1.165, 1.54) is 6.08 Å². The Morgan fingerprint density at radius 2 is 2.21 bits per heavy atom. The van der Waals surface area contributed by atoms with Crippen LogP contribution in [0.15, 0.2) is 24.5 Å². The third-order valence-electron chi connectivity index (χ3n) is 2.73. The van der Waals surface area contributed by atoms with E-state index in [1.54, 1.807) is 33.9 Å². The summed E-state index contributed by atoms with van der Waals surface area (Å²) in [6.45, 7) is 5.31. The van der Waals surface area contributed by atoms with Crippen LogP contribution in [0.5, 0.6) is 0 Å². The molecule has 0 aliphatic carbocycles. The predicted molar refractivity (Wildman–Crippen MR) is 74.2 cm³/mol. The van der Waals surface area contributed by atoms with Crippen LogP contribution in [0.3, 0.4) is 0 Å². The molecule has 0 saturated heterocycles. The quantitative estimate of drug-likeness (QED) is 0.624. The van der Waals surface area contributed by atoms with E-state index in [0.29, 0.717) is 23.0 Å². The van der Waals surface area contributed by atoms with Crippen molar-refractivity contribution in [1.29, 1.82) is 0 Å². The summed E-state index contributed by atoms with van der Waals surface area (Å²) in [5, 5.41) is 8.85. The van der Waals surface area contributed by atoms with Gasteiger partial charge in [-0.25, -0.2) is 0 Å². The molecule has 100 valence electrons. The summed E-state index contributed by atoms with van der Waals surface area (Å²) >= 11 is 6.03. The van der Waals surface area contributed by atoms with Crippen molar-refractivity contribution in [2.45, 2.75) is 26.9 Å². The number of allylic oxidation sites excluding steroid dienone is 1. The van der Waals surface area contributed by atoms with E-state index in [-0.39, 0.29) is 5.78 Å². The summed E-state index contributed by atoms with van der Waals surface area (Å²) in [4.78, 5) is 12.0. The average molecular weight is 279 g/mol. The molecule has 0 atom stereocenters. The van der Waals surface area contributed by atoms with Gasteiger partial charge in [-0.05, 0) is 32.1 Å². The Labute approximate surface area is 116 Å². The van der Waals surface area contributed by atoms with Gasteiger partial charge in [-0.1, -0.05) is 11.6 Å². The van der Waals surface area contributed by atoms with Crippen molar-refractivity contribution in [3.05, 3.63) is 40.9 Å². The number of carbonyl (C=O) groups is 1. The van der Waals surface area contributed by atoms with Gasteiger partial charge >= 0.3 is 0 Å². The minimum absolute atomic E-state index is 0.110. The highest BCUT2D eigenvalue weighted by molar-refractivity contribution is 6.31. The smallest absolute Gasteiger partial charge is 0.203 e. The Hall–Kier alpha value is -1.88. The average Bonchev–Trinajstić information content (AvgIpc) is 3.02. The second-order valence-corrected chi connectivity index (χ2v) is 4.35. The SMILES string of the molecule is CCn1cc(Cl)c(/C=C/C(=O)c2ccnn2CC)n1. The number of ketones is 1.